The van der Waals surface area contributed by atoms with Crippen LogP contribution in [-0.2, 0) is 13.6 Å². The summed E-state index contributed by atoms with van der Waals surface area (Å²) in [5.74, 6) is 0.274. The van der Waals surface area contributed by atoms with Gasteiger partial charge in [0, 0.05) is 22.0 Å². The molecule has 2 heterocycles. The highest BCUT2D eigenvalue weighted by molar-refractivity contribution is 6.79. The zero-order chi connectivity index (χ0) is 24.7. The van der Waals surface area contributed by atoms with E-state index in [0.29, 0.717) is 0 Å². The van der Waals surface area contributed by atoms with Crippen LogP contribution in [0.2, 0.25) is 28.2 Å². The van der Waals surface area contributed by atoms with Crippen LogP contribution in [0.3, 0.4) is 0 Å². The molecule has 2 saturated heterocycles. The number of β-lactam (4-membered cyclic amide) rings is 1. The van der Waals surface area contributed by atoms with Gasteiger partial charge in [-0.05, 0) is 37.9 Å². The minimum Gasteiger partial charge on any atom is -0.413 e. The van der Waals surface area contributed by atoms with Crippen molar-refractivity contribution in [1.29, 1.82) is 0 Å². The van der Waals surface area contributed by atoms with Gasteiger partial charge in [0.05, 0.1) is 24.2 Å². The van der Waals surface area contributed by atoms with Crippen LogP contribution in [0.15, 0.2) is 0 Å². The zero-order valence-electron chi connectivity index (χ0n) is 22.7. The maximum absolute atomic E-state index is 14.0. The Bertz CT molecular complexity index is 720. The zero-order valence-corrected chi connectivity index (χ0v) is 24.7. The Labute approximate surface area is 199 Å². The van der Waals surface area contributed by atoms with Crippen LogP contribution < -0.4 is 0 Å². The van der Waals surface area contributed by atoms with Gasteiger partial charge in [-0.25, -0.2) is 0 Å². The molecule has 2 aliphatic heterocycles. The van der Waals surface area contributed by atoms with Crippen LogP contribution in [0, 0.1) is 11.8 Å². The number of carbonyl (C=O) groups excluding carboxylic acids is 1. The van der Waals surface area contributed by atoms with Crippen molar-refractivity contribution >= 4 is 22.7 Å². The van der Waals surface area contributed by atoms with E-state index in [4.69, 9.17) is 8.85 Å². The Morgan fingerprint density at radius 1 is 1.06 bits per heavy atom. The molecule has 1 saturated carbocycles. The molecule has 3 rings (SSSR count). The topological polar surface area (TPSA) is 59.0 Å². The number of carbonyl (C=O) groups is 1. The lowest BCUT2D eigenvalue weighted by molar-refractivity contribution is -0.184. The molecule has 0 aromatic heterocycles. The summed E-state index contributed by atoms with van der Waals surface area (Å²) in [4.78, 5) is 14.0. The SMILES string of the molecule is C[C@@H](O[Si](C)(C)C(C)(C)C)[C@H]1C(=O)N2[C@@H]1[C@H]1CCC[C@H](O)[C@H]1O[Si]2(C(C)(C)C)C(C)(C)C. The molecule has 0 radical (unpaired) electrons. The molecular formula is C25H49NO4Si2. The molecule has 1 amide bonds. The molecule has 1 aliphatic carbocycles. The molecule has 0 aromatic carbocycles. The van der Waals surface area contributed by atoms with Crippen molar-refractivity contribution < 1.29 is 18.8 Å². The van der Waals surface area contributed by atoms with Gasteiger partial charge in [-0.1, -0.05) is 68.7 Å². The van der Waals surface area contributed by atoms with E-state index in [9.17, 15) is 9.90 Å². The lowest BCUT2D eigenvalue weighted by atomic mass is 9.70. The third-order valence-corrected chi connectivity index (χ3v) is 19.4. The molecule has 3 aliphatic rings. The smallest absolute Gasteiger partial charge is 0.314 e. The maximum Gasteiger partial charge on any atom is 0.314 e. The Morgan fingerprint density at radius 3 is 2.06 bits per heavy atom. The van der Waals surface area contributed by atoms with Crippen molar-refractivity contribution in [2.75, 3.05) is 0 Å². The van der Waals surface area contributed by atoms with Gasteiger partial charge < -0.3 is 18.5 Å². The van der Waals surface area contributed by atoms with E-state index in [2.05, 4.69) is 86.9 Å². The summed E-state index contributed by atoms with van der Waals surface area (Å²) in [6.07, 6.45) is 2.06. The van der Waals surface area contributed by atoms with E-state index < -0.39 is 22.9 Å². The van der Waals surface area contributed by atoms with Gasteiger partial charge in [-0.15, -0.1) is 0 Å². The number of rotatable bonds is 3. The number of hydrogen-bond acceptors (Lipinski definition) is 4. The van der Waals surface area contributed by atoms with Crippen molar-refractivity contribution in [1.82, 2.24) is 4.57 Å². The molecule has 7 heteroatoms. The Hall–Kier alpha value is -0.216. The molecule has 0 unspecified atom stereocenters. The van der Waals surface area contributed by atoms with E-state index in [0.717, 1.165) is 19.3 Å². The molecule has 0 spiro atoms. The van der Waals surface area contributed by atoms with Crippen LogP contribution in [0.1, 0.15) is 88.5 Å². The van der Waals surface area contributed by atoms with E-state index >= 15 is 0 Å². The van der Waals surface area contributed by atoms with E-state index in [1.54, 1.807) is 0 Å². The van der Waals surface area contributed by atoms with Crippen molar-refractivity contribution in [3.05, 3.63) is 0 Å². The normalized spacial score (nSPS) is 34.5. The Morgan fingerprint density at radius 2 is 1.59 bits per heavy atom. The van der Waals surface area contributed by atoms with Gasteiger partial charge in [-0.2, -0.15) is 0 Å². The summed E-state index contributed by atoms with van der Waals surface area (Å²) in [6, 6.07) is 0.112. The number of hydrogen-bond donors (Lipinski definition) is 1. The number of fused-ring (bicyclic) bond motifs is 3. The molecule has 5 nitrogen and oxygen atoms in total. The first-order valence-corrected chi connectivity index (χ1v) is 17.4. The average molecular weight is 484 g/mol. The second kappa shape index (κ2) is 7.90. The summed E-state index contributed by atoms with van der Waals surface area (Å²) in [7, 11) is -4.79. The van der Waals surface area contributed by atoms with Gasteiger partial charge in [0.25, 0.3) is 0 Å². The lowest BCUT2D eigenvalue weighted by Crippen LogP contribution is -2.86. The number of aliphatic hydroxyl groups is 1. The fraction of sp³-hybridized carbons (Fsp3) is 0.960. The monoisotopic (exact) mass is 483 g/mol. The first-order chi connectivity index (χ1) is 14.3. The minimum atomic E-state index is -2.78. The first-order valence-electron chi connectivity index (χ1n) is 12.6. The van der Waals surface area contributed by atoms with Gasteiger partial charge in [0.1, 0.15) is 0 Å². The highest BCUT2D eigenvalue weighted by Gasteiger charge is 2.74. The molecule has 186 valence electrons. The van der Waals surface area contributed by atoms with Crippen LogP contribution in [-0.4, -0.2) is 56.7 Å². The maximum atomic E-state index is 14.0. The molecule has 0 bridgehead atoms. The summed E-state index contributed by atoms with van der Waals surface area (Å²) < 4.78 is 16.1. The largest absolute Gasteiger partial charge is 0.413 e. The standard InChI is InChI=1S/C25H49NO4Si2/c1-16(29-31(11,12)23(2,3)4)19-20-17-14-13-15-18(27)21(17)30-32(24(5,6)7,25(8,9)10)26(20)22(19)28/h16-21,27H,13-15H2,1-12H3/t16-,17-,18+,19-,20-,21+/m1/s1. The predicted octanol–water partition coefficient (Wildman–Crippen LogP) is 5.83. The quantitative estimate of drug-likeness (QED) is 0.405. The number of amides is 1. The highest BCUT2D eigenvalue weighted by atomic mass is 28.4. The molecule has 1 N–H and O–H groups in total. The van der Waals surface area contributed by atoms with Crippen LogP contribution in [0.25, 0.3) is 0 Å². The van der Waals surface area contributed by atoms with Gasteiger partial charge >= 0.3 is 8.48 Å². The molecular weight excluding hydrogens is 434 g/mol. The van der Waals surface area contributed by atoms with E-state index in [-0.39, 0.29) is 51.1 Å². The molecule has 3 fully saturated rings. The minimum absolute atomic E-state index is 0.0995. The van der Waals surface area contributed by atoms with Crippen molar-refractivity contribution in [2.45, 2.75) is 141 Å². The second-order valence-electron chi connectivity index (χ2n) is 14.2. The van der Waals surface area contributed by atoms with E-state index in [1.165, 1.54) is 0 Å². The third kappa shape index (κ3) is 3.78. The van der Waals surface area contributed by atoms with Crippen LogP contribution in [0.5, 0.6) is 0 Å². The number of aliphatic hydroxyl groups excluding tert-OH is 1. The van der Waals surface area contributed by atoms with Crippen LogP contribution >= 0.6 is 0 Å². The van der Waals surface area contributed by atoms with Gasteiger partial charge in [0.2, 0.25) is 5.91 Å². The van der Waals surface area contributed by atoms with Crippen molar-refractivity contribution in [3.63, 3.8) is 0 Å². The second-order valence-corrected chi connectivity index (χ2v) is 24.0. The summed E-state index contributed by atoms with van der Waals surface area (Å²) >= 11 is 0. The fourth-order valence-corrected chi connectivity index (χ4v) is 14.6. The average Bonchev–Trinajstić information content (AvgIpc) is 2.57. The lowest BCUT2D eigenvalue weighted by Gasteiger charge is -2.71. The van der Waals surface area contributed by atoms with Crippen molar-refractivity contribution in [3.8, 4) is 0 Å². The Kier molecular flexibility index (Phi) is 6.52. The first kappa shape index (κ1) is 26.4. The van der Waals surface area contributed by atoms with E-state index in [1.807, 2.05) is 0 Å². The van der Waals surface area contributed by atoms with Crippen LogP contribution in [0.4, 0.5) is 0 Å². The summed E-state index contributed by atoms with van der Waals surface area (Å²) in [6.45, 7) is 26.8. The van der Waals surface area contributed by atoms with Gasteiger partial charge in [-0.3, -0.25) is 4.79 Å². The molecule has 0 aromatic rings. The highest BCUT2D eigenvalue weighted by Crippen LogP contribution is 2.62. The predicted molar refractivity (Wildman–Crippen MR) is 135 cm³/mol. The molecule has 32 heavy (non-hydrogen) atoms. The Balaban J connectivity index is 2.06. The summed E-state index contributed by atoms with van der Waals surface area (Å²) in [5.41, 5.74) is 0. The number of nitrogens with zero attached hydrogens (tertiary/aromatic N) is 1. The third-order valence-electron chi connectivity index (χ3n) is 8.94. The van der Waals surface area contributed by atoms with Crippen molar-refractivity contribution in [2.24, 2.45) is 11.8 Å². The summed E-state index contributed by atoms with van der Waals surface area (Å²) in [5, 5.41) is 10.8. The molecule has 6 atom stereocenters. The van der Waals surface area contributed by atoms with Gasteiger partial charge in [0.15, 0.2) is 8.32 Å². The fourth-order valence-electron chi connectivity index (χ4n) is 6.71.